The Kier molecular flexibility index (Phi) is 5.17. The van der Waals surface area contributed by atoms with Crippen LogP contribution in [0.5, 0.6) is 0 Å². The van der Waals surface area contributed by atoms with Gasteiger partial charge in [0.15, 0.2) is 0 Å². The predicted molar refractivity (Wildman–Crippen MR) is 32.1 cm³/mol. The first-order valence-electron chi connectivity index (χ1n) is 2.56. The number of nitriles is 1. The minimum Gasteiger partial charge on any atom is -0.373 e. The van der Waals surface area contributed by atoms with Crippen molar-refractivity contribution < 1.29 is 13.5 Å². The first-order valence-corrected chi connectivity index (χ1v) is 3.00. The van der Waals surface area contributed by atoms with Crippen molar-refractivity contribution in [3.8, 4) is 6.07 Å². The summed E-state index contributed by atoms with van der Waals surface area (Å²) in [6.07, 6.45) is -2.50. The van der Waals surface area contributed by atoms with E-state index in [9.17, 15) is 8.78 Å². The van der Waals surface area contributed by atoms with Gasteiger partial charge in [0.1, 0.15) is 12.0 Å². The fourth-order valence-electron chi connectivity index (χ4n) is 0.298. The second kappa shape index (κ2) is 5.39. The van der Waals surface area contributed by atoms with Crippen molar-refractivity contribution in [1.82, 2.24) is 0 Å². The fourth-order valence-corrected chi connectivity index (χ4v) is 0.387. The quantitative estimate of drug-likeness (QED) is 0.596. The Morgan fingerprint density at radius 1 is 1.50 bits per heavy atom. The fraction of sp³-hybridized carbons (Fsp3) is 0.800. The van der Waals surface area contributed by atoms with Gasteiger partial charge < -0.3 is 4.74 Å². The molecule has 0 N–H and O–H groups in total. The minimum absolute atomic E-state index is 0.150. The third-order valence-electron chi connectivity index (χ3n) is 0.648. The lowest BCUT2D eigenvalue weighted by atomic mass is 10.5. The van der Waals surface area contributed by atoms with Crippen molar-refractivity contribution in [3.63, 3.8) is 0 Å². The van der Waals surface area contributed by atoms with Gasteiger partial charge >= 0.3 is 0 Å². The van der Waals surface area contributed by atoms with Crippen LogP contribution in [0.4, 0.5) is 8.78 Å². The molecule has 5 heteroatoms. The van der Waals surface area contributed by atoms with Crippen LogP contribution < -0.4 is 0 Å². The van der Waals surface area contributed by atoms with E-state index in [0.29, 0.717) is 0 Å². The van der Waals surface area contributed by atoms with Gasteiger partial charge in [-0.15, -0.1) is 11.6 Å². The number of halogens is 3. The molecule has 1 unspecified atom stereocenters. The highest BCUT2D eigenvalue weighted by molar-refractivity contribution is 6.22. The Hall–Kier alpha value is -0.400. The highest BCUT2D eigenvalue weighted by Crippen LogP contribution is 1.97. The summed E-state index contributed by atoms with van der Waals surface area (Å²) in [5, 5.41) is 7.22. The maximum absolute atomic E-state index is 11.3. The molecule has 0 heterocycles. The lowest BCUT2D eigenvalue weighted by Crippen LogP contribution is -2.11. The average molecular weight is 170 g/mol. The molecule has 0 fully saturated rings. The van der Waals surface area contributed by atoms with Gasteiger partial charge in [-0.2, -0.15) is 5.26 Å². The van der Waals surface area contributed by atoms with Crippen LogP contribution in [0.2, 0.25) is 0 Å². The number of hydrogen-bond donors (Lipinski definition) is 0. The Morgan fingerprint density at radius 2 is 2.10 bits per heavy atom. The molecule has 1 atom stereocenters. The summed E-state index contributed by atoms with van der Waals surface area (Å²) in [6.45, 7) is -0.812. The molecule has 0 bridgehead atoms. The second-order valence-corrected chi connectivity index (χ2v) is 2.05. The standard InChI is InChI=1S/C5H6ClF2NO/c6-4(1-9)2-10-3-5(7)8/h4-5H,2-3H2. The average Bonchev–Trinajstić information content (AvgIpc) is 1.87. The molecule has 0 aliphatic rings. The maximum atomic E-state index is 11.3. The lowest BCUT2D eigenvalue weighted by molar-refractivity contribution is 0.0204. The summed E-state index contributed by atoms with van der Waals surface area (Å²) >= 11 is 5.22. The van der Waals surface area contributed by atoms with Crippen molar-refractivity contribution in [2.24, 2.45) is 0 Å². The lowest BCUT2D eigenvalue weighted by Gasteiger charge is -2.01. The van der Waals surface area contributed by atoms with Crippen molar-refractivity contribution in [1.29, 1.82) is 5.26 Å². The van der Waals surface area contributed by atoms with Crippen molar-refractivity contribution >= 4 is 11.6 Å². The number of ether oxygens (including phenoxy) is 1. The minimum atomic E-state index is -2.50. The molecule has 0 spiro atoms. The molecule has 0 amide bonds. The molecule has 0 saturated heterocycles. The van der Waals surface area contributed by atoms with Crippen molar-refractivity contribution in [3.05, 3.63) is 0 Å². The van der Waals surface area contributed by atoms with Crippen LogP contribution in [0.1, 0.15) is 0 Å². The van der Waals surface area contributed by atoms with E-state index >= 15 is 0 Å². The van der Waals surface area contributed by atoms with Gasteiger partial charge in [0.25, 0.3) is 6.43 Å². The molecule has 0 aromatic rings. The molecule has 0 aromatic heterocycles. The smallest absolute Gasteiger partial charge is 0.261 e. The Bertz CT molecular complexity index is 125. The van der Waals surface area contributed by atoms with E-state index in [-0.39, 0.29) is 6.61 Å². The molecular weight excluding hydrogens is 164 g/mol. The van der Waals surface area contributed by atoms with Crippen LogP contribution in [0.3, 0.4) is 0 Å². The monoisotopic (exact) mass is 169 g/mol. The number of alkyl halides is 3. The zero-order valence-corrected chi connectivity index (χ0v) is 5.81. The maximum Gasteiger partial charge on any atom is 0.261 e. The number of nitrogens with zero attached hydrogens (tertiary/aromatic N) is 1. The van der Waals surface area contributed by atoms with Gasteiger partial charge in [-0.3, -0.25) is 0 Å². The Morgan fingerprint density at radius 3 is 2.50 bits per heavy atom. The summed E-state index contributed by atoms with van der Waals surface area (Å²) in [7, 11) is 0. The largest absolute Gasteiger partial charge is 0.373 e. The van der Waals surface area contributed by atoms with Gasteiger partial charge in [-0.25, -0.2) is 8.78 Å². The summed E-state index contributed by atoms with van der Waals surface area (Å²) in [6, 6.07) is 1.63. The summed E-state index contributed by atoms with van der Waals surface area (Å²) in [5.41, 5.74) is 0. The third kappa shape index (κ3) is 5.73. The van der Waals surface area contributed by atoms with Crippen molar-refractivity contribution in [2.45, 2.75) is 11.8 Å². The van der Waals surface area contributed by atoms with Crippen LogP contribution in [0.25, 0.3) is 0 Å². The SMILES string of the molecule is N#CC(Cl)COCC(F)F. The highest BCUT2D eigenvalue weighted by atomic mass is 35.5. The predicted octanol–water partition coefficient (Wildman–Crippen LogP) is 1.40. The molecule has 2 nitrogen and oxygen atoms in total. The Labute approximate surface area is 62.3 Å². The molecule has 10 heavy (non-hydrogen) atoms. The third-order valence-corrected chi connectivity index (χ3v) is 0.872. The highest BCUT2D eigenvalue weighted by Gasteiger charge is 2.05. The van der Waals surface area contributed by atoms with Crippen LogP contribution in [-0.4, -0.2) is 25.0 Å². The van der Waals surface area contributed by atoms with Crippen molar-refractivity contribution in [2.75, 3.05) is 13.2 Å². The van der Waals surface area contributed by atoms with E-state index in [0.717, 1.165) is 0 Å². The van der Waals surface area contributed by atoms with Gasteiger partial charge in [-0.05, 0) is 0 Å². The molecule has 0 aromatic carbocycles. The Balaban J connectivity index is 3.13. The number of rotatable bonds is 4. The number of hydrogen-bond acceptors (Lipinski definition) is 2. The molecule has 0 rings (SSSR count). The molecular formula is C5H6ClF2NO. The molecule has 0 saturated carbocycles. The molecule has 0 aliphatic carbocycles. The summed E-state index contributed by atoms with van der Waals surface area (Å²) in [5.74, 6) is 0. The second-order valence-electron chi connectivity index (χ2n) is 1.53. The van der Waals surface area contributed by atoms with E-state index < -0.39 is 18.4 Å². The van der Waals surface area contributed by atoms with Crippen LogP contribution >= 0.6 is 11.6 Å². The van der Waals surface area contributed by atoms with Gasteiger partial charge in [-0.1, -0.05) is 0 Å². The van der Waals surface area contributed by atoms with Gasteiger partial charge in [0, 0.05) is 0 Å². The first kappa shape index (κ1) is 9.60. The van der Waals surface area contributed by atoms with E-state index in [1.807, 2.05) is 0 Å². The summed E-state index contributed by atoms with van der Waals surface area (Å²) < 4.78 is 27.0. The van der Waals surface area contributed by atoms with E-state index in [4.69, 9.17) is 16.9 Å². The van der Waals surface area contributed by atoms with Crippen LogP contribution in [-0.2, 0) is 4.74 Å². The normalized spacial score (nSPS) is 13.1. The zero-order chi connectivity index (χ0) is 7.98. The van der Waals surface area contributed by atoms with Gasteiger partial charge in [0.05, 0.1) is 12.7 Å². The van der Waals surface area contributed by atoms with E-state index in [2.05, 4.69) is 4.74 Å². The van der Waals surface area contributed by atoms with E-state index in [1.165, 1.54) is 0 Å². The van der Waals surface area contributed by atoms with Gasteiger partial charge in [0.2, 0.25) is 0 Å². The molecule has 58 valence electrons. The first-order chi connectivity index (χ1) is 4.66. The molecule has 0 radical (unpaired) electrons. The molecule has 0 aliphatic heterocycles. The van der Waals surface area contributed by atoms with E-state index in [1.54, 1.807) is 6.07 Å². The summed E-state index contributed by atoms with van der Waals surface area (Å²) in [4.78, 5) is 0. The zero-order valence-electron chi connectivity index (χ0n) is 5.06. The topological polar surface area (TPSA) is 33.0 Å². The van der Waals surface area contributed by atoms with Crippen LogP contribution in [0.15, 0.2) is 0 Å². The van der Waals surface area contributed by atoms with Crippen LogP contribution in [0, 0.1) is 11.3 Å².